The summed E-state index contributed by atoms with van der Waals surface area (Å²) in [6.45, 7) is 0. The van der Waals surface area contributed by atoms with Gasteiger partial charge in [0.25, 0.3) is 5.69 Å². The molecule has 2 aromatic rings. The molecular weight excluding hydrogens is 348 g/mol. The highest BCUT2D eigenvalue weighted by Gasteiger charge is 2.13. The molecule has 0 bridgehead atoms. The van der Waals surface area contributed by atoms with Gasteiger partial charge in [-0.3, -0.25) is 10.1 Å². The fraction of sp³-hybridized carbons (Fsp3) is 0. The van der Waals surface area contributed by atoms with Crippen molar-refractivity contribution in [2.45, 2.75) is 0 Å². The number of nitro groups is 1. The molecule has 0 aliphatic carbocycles. The molecule has 5 nitrogen and oxygen atoms in total. The third-order valence-electron chi connectivity index (χ3n) is 2.61. The van der Waals surface area contributed by atoms with Crippen LogP contribution in [0.4, 0.5) is 25.8 Å². The fourth-order valence-corrected chi connectivity index (χ4v) is 1.93. The van der Waals surface area contributed by atoms with Gasteiger partial charge in [0.2, 0.25) is 0 Å². The predicted octanol–water partition coefficient (Wildman–Crippen LogP) is 4.25. The first-order chi connectivity index (χ1) is 9.92. The highest BCUT2D eigenvalue weighted by atomic mass is 79.9. The summed E-state index contributed by atoms with van der Waals surface area (Å²) in [5.74, 6) is -1.41. The van der Waals surface area contributed by atoms with Crippen LogP contribution in [0.5, 0.6) is 0 Å². The van der Waals surface area contributed by atoms with E-state index < -0.39 is 16.6 Å². The third kappa shape index (κ3) is 3.14. The summed E-state index contributed by atoms with van der Waals surface area (Å²) in [5.41, 5.74) is -0.351. The predicted molar refractivity (Wildman–Crippen MR) is 75.2 cm³/mol. The summed E-state index contributed by atoms with van der Waals surface area (Å²) in [5, 5.41) is 22.2. The molecule has 0 saturated carbocycles. The standard InChI is InChI=1S/C13H6BrF2N3O2/c14-9-4-11(16)13(5-10(9)15)18-12-2-1-8(19(20)21)3-7(12)6-17/h1-5,18H. The number of nitro benzene ring substituents is 1. The first-order valence-electron chi connectivity index (χ1n) is 5.52. The van der Waals surface area contributed by atoms with Crippen LogP contribution in [0.25, 0.3) is 0 Å². The zero-order chi connectivity index (χ0) is 15.6. The van der Waals surface area contributed by atoms with Crippen molar-refractivity contribution in [2.24, 2.45) is 0 Å². The molecule has 2 aromatic carbocycles. The van der Waals surface area contributed by atoms with E-state index in [0.717, 1.165) is 24.3 Å². The molecule has 0 amide bonds. The molecule has 2 rings (SSSR count). The number of hydrogen-bond acceptors (Lipinski definition) is 4. The minimum Gasteiger partial charge on any atom is -0.352 e. The summed E-state index contributed by atoms with van der Waals surface area (Å²) in [7, 11) is 0. The number of benzene rings is 2. The number of nitrogens with one attached hydrogen (secondary N) is 1. The molecule has 106 valence electrons. The highest BCUT2D eigenvalue weighted by Crippen LogP contribution is 2.29. The number of non-ortho nitro benzene ring substituents is 1. The maximum atomic E-state index is 13.7. The van der Waals surface area contributed by atoms with Crippen LogP contribution < -0.4 is 5.32 Å². The number of anilines is 2. The second-order valence-corrected chi connectivity index (χ2v) is 4.82. The largest absolute Gasteiger partial charge is 0.352 e. The van der Waals surface area contributed by atoms with Crippen LogP contribution in [-0.4, -0.2) is 4.92 Å². The SMILES string of the molecule is N#Cc1cc([N+](=O)[O-])ccc1Nc1cc(F)c(Br)cc1F. The third-order valence-corrected chi connectivity index (χ3v) is 3.22. The number of nitriles is 1. The summed E-state index contributed by atoms with van der Waals surface area (Å²) < 4.78 is 27.1. The van der Waals surface area contributed by atoms with Gasteiger partial charge in [-0.1, -0.05) is 0 Å². The molecule has 0 spiro atoms. The van der Waals surface area contributed by atoms with Crippen LogP contribution in [0.15, 0.2) is 34.8 Å². The van der Waals surface area contributed by atoms with Gasteiger partial charge in [-0.25, -0.2) is 8.78 Å². The number of nitrogens with zero attached hydrogens (tertiary/aromatic N) is 2. The van der Waals surface area contributed by atoms with Crippen LogP contribution in [0.3, 0.4) is 0 Å². The van der Waals surface area contributed by atoms with Crippen molar-refractivity contribution in [1.29, 1.82) is 5.26 Å². The molecule has 0 unspecified atom stereocenters. The van der Waals surface area contributed by atoms with Crippen LogP contribution >= 0.6 is 15.9 Å². The maximum absolute atomic E-state index is 13.7. The van der Waals surface area contributed by atoms with E-state index in [0.29, 0.717) is 0 Å². The first-order valence-corrected chi connectivity index (χ1v) is 6.32. The van der Waals surface area contributed by atoms with Crippen LogP contribution in [0, 0.1) is 33.1 Å². The number of hydrogen-bond donors (Lipinski definition) is 1. The van der Waals surface area contributed by atoms with Crippen LogP contribution in [-0.2, 0) is 0 Å². The van der Waals surface area contributed by atoms with Gasteiger partial charge < -0.3 is 5.32 Å². The Kier molecular flexibility index (Phi) is 4.14. The Morgan fingerprint density at radius 3 is 2.52 bits per heavy atom. The summed E-state index contributed by atoms with van der Waals surface area (Å²) >= 11 is 2.85. The Labute approximate surface area is 126 Å². The molecule has 21 heavy (non-hydrogen) atoms. The van der Waals surface area contributed by atoms with E-state index >= 15 is 0 Å². The first kappa shape index (κ1) is 14.9. The van der Waals surface area contributed by atoms with Crippen molar-refractivity contribution >= 4 is 33.0 Å². The van der Waals surface area contributed by atoms with Crippen molar-refractivity contribution < 1.29 is 13.7 Å². The minimum absolute atomic E-state index is 0.0326. The zero-order valence-corrected chi connectivity index (χ0v) is 11.8. The number of rotatable bonds is 3. The molecule has 8 heteroatoms. The Morgan fingerprint density at radius 2 is 1.90 bits per heavy atom. The monoisotopic (exact) mass is 353 g/mol. The van der Waals surface area contributed by atoms with Gasteiger partial charge in [0.1, 0.15) is 17.7 Å². The quantitative estimate of drug-likeness (QED) is 0.508. The highest BCUT2D eigenvalue weighted by molar-refractivity contribution is 9.10. The molecule has 0 saturated heterocycles. The van der Waals surface area contributed by atoms with Crippen molar-refractivity contribution in [1.82, 2.24) is 0 Å². The zero-order valence-electron chi connectivity index (χ0n) is 10.2. The maximum Gasteiger partial charge on any atom is 0.270 e. The lowest BCUT2D eigenvalue weighted by molar-refractivity contribution is -0.384. The Balaban J connectivity index is 2.43. The lowest BCUT2D eigenvalue weighted by Crippen LogP contribution is -1.99. The molecule has 0 aromatic heterocycles. The number of halogens is 3. The van der Waals surface area contributed by atoms with E-state index in [1.807, 2.05) is 0 Å². The van der Waals surface area contributed by atoms with E-state index in [1.54, 1.807) is 6.07 Å². The topological polar surface area (TPSA) is 79.0 Å². The van der Waals surface area contributed by atoms with Gasteiger partial charge in [0.15, 0.2) is 0 Å². The van der Waals surface area contributed by atoms with E-state index in [1.165, 1.54) is 6.07 Å². The van der Waals surface area contributed by atoms with Crippen LogP contribution in [0.1, 0.15) is 5.56 Å². The van der Waals surface area contributed by atoms with E-state index in [-0.39, 0.29) is 27.1 Å². The normalized spacial score (nSPS) is 10.0. The fourth-order valence-electron chi connectivity index (χ4n) is 1.61. The Hall–Kier alpha value is -2.53. The smallest absolute Gasteiger partial charge is 0.270 e. The van der Waals surface area contributed by atoms with Crippen LogP contribution in [0.2, 0.25) is 0 Å². The molecule has 0 heterocycles. The lowest BCUT2D eigenvalue weighted by atomic mass is 10.1. The molecule has 0 radical (unpaired) electrons. The van der Waals surface area contributed by atoms with Gasteiger partial charge in [-0.15, -0.1) is 0 Å². The molecular formula is C13H6BrF2N3O2. The van der Waals surface area contributed by atoms with Gasteiger partial charge in [0, 0.05) is 18.2 Å². The molecule has 0 atom stereocenters. The van der Waals surface area contributed by atoms with Crippen molar-refractivity contribution in [3.63, 3.8) is 0 Å². The van der Waals surface area contributed by atoms with E-state index in [9.17, 15) is 18.9 Å². The van der Waals surface area contributed by atoms with Crippen molar-refractivity contribution in [2.75, 3.05) is 5.32 Å². The van der Waals surface area contributed by atoms with E-state index in [2.05, 4.69) is 21.2 Å². The lowest BCUT2D eigenvalue weighted by Gasteiger charge is -2.10. The second-order valence-electron chi connectivity index (χ2n) is 3.97. The summed E-state index contributed by atoms with van der Waals surface area (Å²) in [4.78, 5) is 9.99. The van der Waals surface area contributed by atoms with Gasteiger partial charge in [-0.05, 0) is 28.1 Å². The molecule has 0 fully saturated rings. The van der Waals surface area contributed by atoms with Crippen molar-refractivity contribution in [3.05, 3.63) is 62.1 Å². The second kappa shape index (κ2) is 5.85. The van der Waals surface area contributed by atoms with Crippen molar-refractivity contribution in [3.8, 4) is 6.07 Å². The minimum atomic E-state index is -0.731. The molecule has 1 N–H and O–H groups in total. The molecule has 0 aliphatic heterocycles. The Bertz CT molecular complexity index is 775. The van der Waals surface area contributed by atoms with Gasteiger partial charge in [0.05, 0.1) is 26.3 Å². The van der Waals surface area contributed by atoms with Gasteiger partial charge in [-0.2, -0.15) is 5.26 Å². The summed E-state index contributed by atoms with van der Waals surface area (Å²) in [6.07, 6.45) is 0. The van der Waals surface area contributed by atoms with E-state index in [4.69, 9.17) is 5.26 Å². The Morgan fingerprint density at radius 1 is 1.19 bits per heavy atom. The van der Waals surface area contributed by atoms with Gasteiger partial charge >= 0.3 is 0 Å². The molecule has 0 aliphatic rings. The summed E-state index contributed by atoms with van der Waals surface area (Å²) in [6, 6.07) is 7.10. The average Bonchev–Trinajstić information content (AvgIpc) is 2.44. The average molecular weight is 354 g/mol.